The lowest BCUT2D eigenvalue weighted by Crippen LogP contribution is -2.46. The Hall–Kier alpha value is -2.76. The molecule has 3 amide bonds. The molecule has 4 aliphatic carbocycles. The molecule has 1 heterocycles. The number of anilines is 1. The van der Waals surface area contributed by atoms with Gasteiger partial charge < -0.3 is 5.32 Å². The summed E-state index contributed by atoms with van der Waals surface area (Å²) >= 11 is 0. The molecule has 6 heteroatoms. The SMILES string of the molecule is CC(=O)c1cccc(NC(=O)[C@@H](C)N2C(=O)[C@@H]3[C@@H]4C=C[C@H]([C@H]5C[C@H]45)[C@@H]3C2=O)c1. The summed E-state index contributed by atoms with van der Waals surface area (Å²) in [5, 5.41) is 2.74. The summed E-state index contributed by atoms with van der Waals surface area (Å²) in [7, 11) is 0. The van der Waals surface area contributed by atoms with Gasteiger partial charge in [-0.2, -0.15) is 0 Å². The number of ketones is 1. The van der Waals surface area contributed by atoms with Crippen molar-refractivity contribution in [1.29, 1.82) is 0 Å². The van der Waals surface area contributed by atoms with E-state index in [9.17, 15) is 19.2 Å². The number of amides is 3. The second kappa shape index (κ2) is 5.87. The number of hydrogen-bond donors (Lipinski definition) is 1. The molecule has 1 aromatic rings. The molecule has 2 bridgehead atoms. The van der Waals surface area contributed by atoms with E-state index in [4.69, 9.17) is 0 Å². The van der Waals surface area contributed by atoms with Crippen molar-refractivity contribution in [3.8, 4) is 0 Å². The Morgan fingerprint density at radius 3 is 2.25 bits per heavy atom. The molecule has 0 spiro atoms. The van der Waals surface area contributed by atoms with Gasteiger partial charge in [0.05, 0.1) is 11.8 Å². The van der Waals surface area contributed by atoms with E-state index in [0.29, 0.717) is 23.1 Å². The van der Waals surface area contributed by atoms with Gasteiger partial charge in [-0.3, -0.25) is 24.1 Å². The molecule has 7 atom stereocenters. The first-order valence-electron chi connectivity index (χ1n) is 9.85. The highest BCUT2D eigenvalue weighted by atomic mass is 16.2. The lowest BCUT2D eigenvalue weighted by atomic mass is 9.63. The van der Waals surface area contributed by atoms with Crippen LogP contribution < -0.4 is 5.32 Å². The summed E-state index contributed by atoms with van der Waals surface area (Å²) < 4.78 is 0. The maximum atomic E-state index is 13.1. The molecule has 144 valence electrons. The molecule has 1 saturated heterocycles. The Bertz CT molecular complexity index is 916. The third-order valence-electron chi connectivity index (χ3n) is 7.00. The standard InChI is InChI=1S/C22H22N2O4/c1-10(20(26)23-13-5-3-4-12(8-13)11(2)25)24-21(27)18-14-6-7-15(17-9-16(14)17)19(18)22(24)28/h3-8,10,14-19H,9H2,1-2H3,(H,23,26)/t10-,14-,15-,16-,17-,18-,19+/m1/s1. The molecule has 6 nitrogen and oxygen atoms in total. The molecular formula is C22H22N2O4. The van der Waals surface area contributed by atoms with E-state index in [1.54, 1.807) is 31.2 Å². The normalized spacial score (nSPS) is 35.4. The average Bonchev–Trinajstić information content (AvgIpc) is 3.45. The van der Waals surface area contributed by atoms with Crippen LogP contribution in [0.3, 0.4) is 0 Å². The Balaban J connectivity index is 1.36. The fourth-order valence-corrected chi connectivity index (χ4v) is 5.54. The summed E-state index contributed by atoms with van der Waals surface area (Å²) in [5.41, 5.74) is 0.968. The summed E-state index contributed by atoms with van der Waals surface area (Å²) in [6.45, 7) is 3.05. The van der Waals surface area contributed by atoms with Crippen LogP contribution in [0.1, 0.15) is 30.6 Å². The number of rotatable bonds is 4. The van der Waals surface area contributed by atoms with Crippen molar-refractivity contribution >= 4 is 29.2 Å². The largest absolute Gasteiger partial charge is 0.324 e. The molecule has 1 aromatic carbocycles. The highest BCUT2D eigenvalue weighted by Crippen LogP contribution is 2.65. The molecule has 1 N–H and O–H groups in total. The second-order valence-electron chi connectivity index (χ2n) is 8.50. The van der Waals surface area contributed by atoms with E-state index in [1.807, 2.05) is 0 Å². The molecule has 1 aliphatic heterocycles. The van der Waals surface area contributed by atoms with Gasteiger partial charge in [-0.15, -0.1) is 0 Å². The van der Waals surface area contributed by atoms with Crippen LogP contribution >= 0.6 is 0 Å². The van der Waals surface area contributed by atoms with Crippen LogP contribution in [-0.4, -0.2) is 34.4 Å². The van der Waals surface area contributed by atoms with Crippen LogP contribution in [0.15, 0.2) is 36.4 Å². The number of benzene rings is 1. The zero-order valence-corrected chi connectivity index (χ0v) is 15.8. The average molecular weight is 378 g/mol. The number of carbonyl (C=O) groups is 4. The van der Waals surface area contributed by atoms with Gasteiger partial charge in [-0.1, -0.05) is 24.3 Å². The van der Waals surface area contributed by atoms with Crippen molar-refractivity contribution in [2.45, 2.75) is 26.3 Å². The van der Waals surface area contributed by atoms with Crippen LogP contribution in [0.25, 0.3) is 0 Å². The summed E-state index contributed by atoms with van der Waals surface area (Å²) in [5.74, 6) is -0.193. The number of likely N-dealkylation sites (tertiary alicyclic amines) is 1. The van der Waals surface area contributed by atoms with Crippen LogP contribution in [-0.2, 0) is 14.4 Å². The predicted octanol–water partition coefficient (Wildman–Crippen LogP) is 2.27. The maximum absolute atomic E-state index is 13.1. The molecule has 0 radical (unpaired) electrons. The van der Waals surface area contributed by atoms with Crippen molar-refractivity contribution in [3.05, 3.63) is 42.0 Å². The Morgan fingerprint density at radius 1 is 1.07 bits per heavy atom. The predicted molar refractivity (Wildman–Crippen MR) is 101 cm³/mol. The van der Waals surface area contributed by atoms with Crippen molar-refractivity contribution in [3.63, 3.8) is 0 Å². The lowest BCUT2D eigenvalue weighted by molar-refractivity contribution is -0.146. The van der Waals surface area contributed by atoms with E-state index in [1.165, 1.54) is 11.8 Å². The van der Waals surface area contributed by atoms with E-state index in [2.05, 4.69) is 17.5 Å². The van der Waals surface area contributed by atoms with Crippen molar-refractivity contribution in [2.24, 2.45) is 35.5 Å². The molecule has 0 unspecified atom stereocenters. The lowest BCUT2D eigenvalue weighted by Gasteiger charge is -2.37. The third-order valence-corrected chi connectivity index (χ3v) is 7.00. The topological polar surface area (TPSA) is 83.6 Å². The van der Waals surface area contributed by atoms with Gasteiger partial charge in [0.15, 0.2) is 5.78 Å². The first-order valence-corrected chi connectivity index (χ1v) is 9.85. The van der Waals surface area contributed by atoms with Crippen LogP contribution in [0, 0.1) is 35.5 Å². The minimum absolute atomic E-state index is 0.0975. The number of nitrogens with zero attached hydrogens (tertiary/aromatic N) is 1. The van der Waals surface area contributed by atoms with E-state index < -0.39 is 11.9 Å². The zero-order chi connectivity index (χ0) is 19.7. The second-order valence-corrected chi connectivity index (χ2v) is 8.50. The minimum Gasteiger partial charge on any atom is -0.324 e. The van der Waals surface area contributed by atoms with Crippen LogP contribution in [0.2, 0.25) is 0 Å². The zero-order valence-electron chi connectivity index (χ0n) is 15.8. The third kappa shape index (κ3) is 2.33. The maximum Gasteiger partial charge on any atom is 0.247 e. The number of nitrogens with one attached hydrogen (secondary N) is 1. The number of Topliss-reactive ketones (excluding diaryl/α,β-unsaturated/α-hetero) is 1. The molecule has 2 saturated carbocycles. The van der Waals surface area contributed by atoms with Crippen molar-refractivity contribution in [2.75, 3.05) is 5.32 Å². The van der Waals surface area contributed by atoms with E-state index in [-0.39, 0.29) is 41.3 Å². The molecule has 3 fully saturated rings. The van der Waals surface area contributed by atoms with Gasteiger partial charge in [0, 0.05) is 11.3 Å². The Labute approximate surface area is 163 Å². The number of allylic oxidation sites excluding steroid dienone is 2. The smallest absolute Gasteiger partial charge is 0.247 e. The van der Waals surface area contributed by atoms with Crippen molar-refractivity contribution < 1.29 is 19.2 Å². The number of carbonyl (C=O) groups excluding carboxylic acids is 4. The first kappa shape index (κ1) is 17.3. The summed E-state index contributed by atoms with van der Waals surface area (Å²) in [6, 6.07) is 5.75. The van der Waals surface area contributed by atoms with E-state index in [0.717, 1.165) is 6.42 Å². The van der Waals surface area contributed by atoms with Gasteiger partial charge in [-0.05, 0) is 56.1 Å². The van der Waals surface area contributed by atoms with Gasteiger partial charge in [-0.25, -0.2) is 0 Å². The summed E-state index contributed by atoms with van der Waals surface area (Å²) in [6.07, 6.45) is 5.35. The quantitative estimate of drug-likeness (QED) is 0.495. The molecule has 6 rings (SSSR count). The van der Waals surface area contributed by atoms with Crippen molar-refractivity contribution in [1.82, 2.24) is 4.90 Å². The molecule has 5 aliphatic rings. The molecular weight excluding hydrogens is 356 g/mol. The van der Waals surface area contributed by atoms with Crippen LogP contribution in [0.5, 0.6) is 0 Å². The first-order chi connectivity index (χ1) is 13.4. The molecule has 0 aromatic heterocycles. The highest BCUT2D eigenvalue weighted by Gasteiger charge is 2.67. The number of imide groups is 1. The fourth-order valence-electron chi connectivity index (χ4n) is 5.54. The van der Waals surface area contributed by atoms with Gasteiger partial charge in [0.25, 0.3) is 0 Å². The molecule has 28 heavy (non-hydrogen) atoms. The minimum atomic E-state index is -0.887. The number of hydrogen-bond acceptors (Lipinski definition) is 4. The van der Waals surface area contributed by atoms with Gasteiger partial charge >= 0.3 is 0 Å². The van der Waals surface area contributed by atoms with Crippen LogP contribution in [0.4, 0.5) is 5.69 Å². The summed E-state index contributed by atoms with van der Waals surface area (Å²) in [4.78, 5) is 51.7. The van der Waals surface area contributed by atoms with Gasteiger partial charge in [0.1, 0.15) is 6.04 Å². The van der Waals surface area contributed by atoms with Gasteiger partial charge in [0.2, 0.25) is 17.7 Å². The Morgan fingerprint density at radius 2 is 1.68 bits per heavy atom. The highest BCUT2D eigenvalue weighted by molar-refractivity contribution is 6.10. The Kier molecular flexibility index (Phi) is 3.63. The van der Waals surface area contributed by atoms with E-state index >= 15 is 0 Å². The fraction of sp³-hybridized carbons (Fsp3) is 0.455. The monoisotopic (exact) mass is 378 g/mol.